The van der Waals surface area contributed by atoms with Crippen molar-refractivity contribution in [2.75, 3.05) is 14.2 Å². The molecule has 0 saturated carbocycles. The lowest BCUT2D eigenvalue weighted by molar-refractivity contribution is -0.0191. The second kappa shape index (κ2) is 7.54. The Balaban J connectivity index is 1.61. The molecule has 2 heterocycles. The number of aryl methyl sites for hydroxylation is 1. The lowest BCUT2D eigenvalue weighted by atomic mass is 9.95. The van der Waals surface area contributed by atoms with Gasteiger partial charge in [-0.2, -0.15) is 5.10 Å². The number of phenolic OH excluding ortho intramolecular Hbond substituents is 1. The Morgan fingerprint density at radius 1 is 1.00 bits per heavy atom. The van der Waals surface area contributed by atoms with E-state index in [0.717, 1.165) is 33.7 Å². The Kier molecular flexibility index (Phi) is 4.70. The molecule has 2 atom stereocenters. The second-order valence-corrected chi connectivity index (χ2v) is 7.79. The van der Waals surface area contributed by atoms with Crippen LogP contribution >= 0.6 is 0 Å². The first-order valence-corrected chi connectivity index (χ1v) is 10.2. The van der Waals surface area contributed by atoms with Gasteiger partial charge in [0.1, 0.15) is 11.5 Å². The van der Waals surface area contributed by atoms with Gasteiger partial charge < -0.3 is 19.3 Å². The monoisotopic (exact) mass is 416 g/mol. The molecule has 0 aromatic heterocycles. The van der Waals surface area contributed by atoms with Gasteiger partial charge in [-0.3, -0.25) is 0 Å². The number of para-hydroxylation sites is 1. The van der Waals surface area contributed by atoms with Gasteiger partial charge in [0, 0.05) is 23.1 Å². The largest absolute Gasteiger partial charge is 0.507 e. The smallest absolute Gasteiger partial charge is 0.214 e. The predicted molar refractivity (Wildman–Crippen MR) is 118 cm³/mol. The number of rotatable bonds is 4. The highest BCUT2D eigenvalue weighted by molar-refractivity contribution is 6.04. The highest BCUT2D eigenvalue weighted by Crippen LogP contribution is 2.48. The van der Waals surface area contributed by atoms with Crippen molar-refractivity contribution in [3.05, 3.63) is 82.9 Å². The molecule has 3 aromatic carbocycles. The van der Waals surface area contributed by atoms with Gasteiger partial charge in [0.25, 0.3) is 0 Å². The van der Waals surface area contributed by atoms with Crippen molar-refractivity contribution in [1.29, 1.82) is 0 Å². The number of hydrogen-bond acceptors (Lipinski definition) is 6. The van der Waals surface area contributed by atoms with Gasteiger partial charge in [-0.25, -0.2) is 5.01 Å². The topological polar surface area (TPSA) is 63.5 Å². The molecule has 0 aliphatic carbocycles. The number of methoxy groups -OCH3 is 2. The number of benzene rings is 3. The fourth-order valence-electron chi connectivity index (χ4n) is 4.30. The third kappa shape index (κ3) is 3.24. The number of aromatic hydroxyl groups is 1. The lowest BCUT2D eigenvalue weighted by Crippen LogP contribution is -2.33. The zero-order chi connectivity index (χ0) is 21.5. The summed E-state index contributed by atoms with van der Waals surface area (Å²) in [5.74, 6) is 2.38. The first-order valence-electron chi connectivity index (χ1n) is 10.2. The van der Waals surface area contributed by atoms with Gasteiger partial charge in [-0.1, -0.05) is 29.8 Å². The maximum atomic E-state index is 10.5. The Morgan fingerprint density at radius 2 is 1.81 bits per heavy atom. The van der Waals surface area contributed by atoms with Gasteiger partial charge in [0.15, 0.2) is 11.5 Å². The summed E-state index contributed by atoms with van der Waals surface area (Å²) in [6, 6.07) is 19.4. The lowest BCUT2D eigenvalue weighted by Gasteiger charge is -2.38. The molecule has 2 aliphatic rings. The van der Waals surface area contributed by atoms with E-state index in [9.17, 15) is 5.11 Å². The van der Waals surface area contributed by atoms with Gasteiger partial charge >= 0.3 is 0 Å². The molecule has 31 heavy (non-hydrogen) atoms. The highest BCUT2D eigenvalue weighted by Gasteiger charge is 2.41. The summed E-state index contributed by atoms with van der Waals surface area (Å²) in [6.07, 6.45) is 0.255. The molecule has 2 aliphatic heterocycles. The molecule has 5 rings (SSSR count). The molecule has 6 heteroatoms. The first-order chi connectivity index (χ1) is 15.1. The van der Waals surface area contributed by atoms with Crippen LogP contribution in [0.2, 0.25) is 0 Å². The van der Waals surface area contributed by atoms with Crippen molar-refractivity contribution in [2.24, 2.45) is 5.10 Å². The first kappa shape index (κ1) is 19.3. The van der Waals surface area contributed by atoms with Crippen LogP contribution in [0, 0.1) is 6.92 Å². The standard InChI is InChI=1S/C25H24N2O4/c1-15-8-10-21(28)18(12-15)19-14-20-17-6-4-5-7-22(17)31-25(27(20)26-19)16-9-11-23(29-2)24(13-16)30-3/h4-13,20,25,28H,14H2,1-3H3/t20-,25-/m1/s1. The van der Waals surface area contributed by atoms with Crippen LogP contribution < -0.4 is 14.2 Å². The number of ether oxygens (including phenoxy) is 3. The van der Waals surface area contributed by atoms with Crippen LogP contribution in [0.4, 0.5) is 0 Å². The molecule has 158 valence electrons. The molecule has 1 N–H and O–H groups in total. The van der Waals surface area contributed by atoms with Crippen LogP contribution in [0.15, 0.2) is 65.8 Å². The average molecular weight is 416 g/mol. The summed E-state index contributed by atoms with van der Waals surface area (Å²) in [4.78, 5) is 0. The summed E-state index contributed by atoms with van der Waals surface area (Å²) >= 11 is 0. The predicted octanol–water partition coefficient (Wildman–Crippen LogP) is 4.96. The van der Waals surface area contributed by atoms with Gasteiger partial charge in [0.05, 0.1) is 26.0 Å². The molecular weight excluding hydrogens is 392 g/mol. The minimum absolute atomic E-state index is 0.0120. The third-order valence-corrected chi connectivity index (χ3v) is 5.85. The molecule has 0 amide bonds. The van der Waals surface area contributed by atoms with Crippen LogP contribution in [0.25, 0.3) is 0 Å². The van der Waals surface area contributed by atoms with Gasteiger partial charge in [0.2, 0.25) is 6.23 Å². The normalized spacial score (nSPS) is 19.2. The molecular formula is C25H24N2O4. The van der Waals surface area contributed by atoms with Crippen molar-refractivity contribution < 1.29 is 19.3 Å². The van der Waals surface area contributed by atoms with E-state index in [0.29, 0.717) is 17.9 Å². The molecule has 0 unspecified atom stereocenters. The van der Waals surface area contributed by atoms with Crippen molar-refractivity contribution in [3.8, 4) is 23.0 Å². The van der Waals surface area contributed by atoms with E-state index in [-0.39, 0.29) is 11.8 Å². The fourth-order valence-corrected chi connectivity index (χ4v) is 4.30. The Labute approximate surface area is 181 Å². The van der Waals surface area contributed by atoms with E-state index in [1.54, 1.807) is 20.3 Å². The summed E-state index contributed by atoms with van der Waals surface area (Å²) in [6.45, 7) is 2.01. The maximum Gasteiger partial charge on any atom is 0.214 e. The van der Waals surface area contributed by atoms with Crippen LogP contribution in [0.1, 0.15) is 40.9 Å². The maximum absolute atomic E-state index is 10.5. The van der Waals surface area contributed by atoms with Crippen molar-refractivity contribution in [1.82, 2.24) is 5.01 Å². The van der Waals surface area contributed by atoms with Crippen LogP contribution in [-0.2, 0) is 0 Å². The number of hydrazone groups is 1. The molecule has 0 saturated heterocycles. The number of nitrogens with zero attached hydrogens (tertiary/aromatic N) is 2. The summed E-state index contributed by atoms with van der Waals surface area (Å²) in [7, 11) is 3.24. The van der Waals surface area contributed by atoms with E-state index in [2.05, 4.69) is 6.07 Å². The minimum Gasteiger partial charge on any atom is -0.507 e. The molecule has 3 aromatic rings. The van der Waals surface area contributed by atoms with E-state index >= 15 is 0 Å². The molecule has 0 spiro atoms. The highest BCUT2D eigenvalue weighted by atomic mass is 16.5. The summed E-state index contributed by atoms with van der Waals surface area (Å²) in [5, 5.41) is 17.4. The van der Waals surface area contributed by atoms with E-state index < -0.39 is 6.23 Å². The summed E-state index contributed by atoms with van der Waals surface area (Å²) in [5.41, 5.74) is 4.68. The second-order valence-electron chi connectivity index (χ2n) is 7.79. The van der Waals surface area contributed by atoms with Crippen LogP contribution in [-0.4, -0.2) is 30.0 Å². The third-order valence-electron chi connectivity index (χ3n) is 5.85. The molecule has 6 nitrogen and oxygen atoms in total. The number of hydrogen-bond donors (Lipinski definition) is 1. The van der Waals surface area contributed by atoms with E-state index in [1.165, 1.54) is 0 Å². The molecule has 0 fully saturated rings. The SMILES string of the molecule is COc1ccc([C@H]2Oc3ccccc3[C@H]3CC(c4cc(C)ccc4O)=NN32)cc1OC. The van der Waals surface area contributed by atoms with Crippen molar-refractivity contribution in [2.45, 2.75) is 25.6 Å². The zero-order valence-corrected chi connectivity index (χ0v) is 17.7. The Bertz CT molecular complexity index is 1170. The Morgan fingerprint density at radius 3 is 2.61 bits per heavy atom. The molecule has 0 bridgehead atoms. The number of phenols is 1. The van der Waals surface area contributed by atoms with Crippen LogP contribution in [0.3, 0.4) is 0 Å². The zero-order valence-electron chi connectivity index (χ0n) is 17.7. The fraction of sp³-hybridized carbons (Fsp3) is 0.240. The quantitative estimate of drug-likeness (QED) is 0.651. The van der Waals surface area contributed by atoms with Crippen molar-refractivity contribution in [3.63, 3.8) is 0 Å². The molecule has 0 radical (unpaired) electrons. The number of fused-ring (bicyclic) bond motifs is 3. The van der Waals surface area contributed by atoms with Gasteiger partial charge in [-0.05, 0) is 43.3 Å². The Hall–Kier alpha value is -3.67. The van der Waals surface area contributed by atoms with E-state index in [4.69, 9.17) is 19.3 Å². The minimum atomic E-state index is -0.427. The summed E-state index contributed by atoms with van der Waals surface area (Å²) < 4.78 is 17.3. The van der Waals surface area contributed by atoms with E-state index in [1.807, 2.05) is 60.5 Å². The average Bonchev–Trinajstić information content (AvgIpc) is 3.25. The van der Waals surface area contributed by atoms with Crippen molar-refractivity contribution >= 4 is 5.71 Å². The van der Waals surface area contributed by atoms with Crippen LogP contribution in [0.5, 0.6) is 23.0 Å². The van der Waals surface area contributed by atoms with Gasteiger partial charge in [-0.15, -0.1) is 0 Å².